The van der Waals surface area contributed by atoms with Crippen molar-refractivity contribution in [2.24, 2.45) is 5.41 Å². The van der Waals surface area contributed by atoms with Gasteiger partial charge in [-0.1, -0.05) is 41.5 Å². The van der Waals surface area contributed by atoms with Gasteiger partial charge in [0.15, 0.2) is 0 Å². The molecule has 2 heteroatoms. The highest BCUT2D eigenvalue weighted by molar-refractivity contribution is 4.90. The molecule has 2 saturated heterocycles. The van der Waals surface area contributed by atoms with Crippen molar-refractivity contribution in [3.63, 3.8) is 0 Å². The lowest BCUT2D eigenvalue weighted by atomic mass is 9.71. The first-order chi connectivity index (χ1) is 10.1. The Morgan fingerprint density at radius 3 is 1.33 bits per heavy atom. The van der Waals surface area contributed by atoms with Crippen LogP contribution in [0.15, 0.2) is 0 Å². The minimum Gasteiger partial charge on any atom is -0.306 e. The first-order valence-electron chi connectivity index (χ1n) is 9.54. The summed E-state index contributed by atoms with van der Waals surface area (Å²) >= 11 is 0. The maximum atomic E-state index is 2.64. The zero-order valence-corrected chi connectivity index (χ0v) is 16.6. The average molecular weight is 301 g/mol. The van der Waals surface area contributed by atoms with E-state index in [1.54, 1.807) is 0 Å². The van der Waals surface area contributed by atoms with E-state index in [9.17, 15) is 0 Å². The highest BCUT2D eigenvalue weighted by Gasteiger charge is 2.36. The number of likely N-dealkylation sites (tertiary alicyclic amines) is 2. The van der Waals surface area contributed by atoms with E-state index in [0.29, 0.717) is 0 Å². The Labute approximate surface area is 136 Å². The molecule has 0 saturated carbocycles. The molecule has 2 aliphatic rings. The Bertz CT molecular complexity index is 196. The van der Waals surface area contributed by atoms with Gasteiger partial charge in [-0.05, 0) is 78.2 Å². The fourth-order valence-corrected chi connectivity index (χ4v) is 3.11. The lowest BCUT2D eigenvalue weighted by Gasteiger charge is -2.47. The second-order valence-electron chi connectivity index (χ2n) is 5.93. The normalized spacial score (nSPS) is 21.4. The zero-order valence-electron chi connectivity index (χ0n) is 16.6. The second-order valence-corrected chi connectivity index (χ2v) is 5.93. The summed E-state index contributed by atoms with van der Waals surface area (Å²) in [5, 5.41) is 0. The van der Waals surface area contributed by atoms with Gasteiger partial charge in [0.05, 0.1) is 0 Å². The maximum Gasteiger partial charge on any atom is 0.00385 e. The minimum atomic E-state index is 0.720. The van der Waals surface area contributed by atoms with Crippen LogP contribution in [-0.4, -0.2) is 49.1 Å². The molecule has 1 spiro atoms. The fourth-order valence-electron chi connectivity index (χ4n) is 3.11. The molecule has 130 valence electrons. The highest BCUT2D eigenvalue weighted by Crippen LogP contribution is 2.41. The van der Waals surface area contributed by atoms with E-state index in [2.05, 4.69) is 30.7 Å². The summed E-state index contributed by atoms with van der Waals surface area (Å²) in [6, 6.07) is 0.744. The average Bonchev–Trinajstić information content (AvgIpc) is 2.57. The summed E-state index contributed by atoms with van der Waals surface area (Å²) in [6.45, 7) is 22.0. The van der Waals surface area contributed by atoms with Crippen LogP contribution in [0.5, 0.6) is 0 Å². The number of hydrogen-bond acceptors (Lipinski definition) is 2. The van der Waals surface area contributed by atoms with Crippen LogP contribution in [0.1, 0.15) is 81.1 Å². The lowest BCUT2D eigenvalue weighted by molar-refractivity contribution is 0.0319. The summed E-state index contributed by atoms with van der Waals surface area (Å²) in [7, 11) is 2.26. The van der Waals surface area contributed by atoms with Crippen LogP contribution in [0, 0.1) is 5.41 Å². The van der Waals surface area contributed by atoms with Crippen molar-refractivity contribution in [3.8, 4) is 0 Å². The fraction of sp³-hybridized carbons (Fsp3) is 1.00. The van der Waals surface area contributed by atoms with Gasteiger partial charge in [0.1, 0.15) is 0 Å². The van der Waals surface area contributed by atoms with Crippen LogP contribution in [0.3, 0.4) is 0 Å². The van der Waals surface area contributed by atoms with Crippen molar-refractivity contribution in [3.05, 3.63) is 0 Å². The van der Waals surface area contributed by atoms with Gasteiger partial charge in [0.25, 0.3) is 0 Å². The van der Waals surface area contributed by atoms with Gasteiger partial charge < -0.3 is 9.80 Å². The molecule has 0 aromatic rings. The van der Waals surface area contributed by atoms with Crippen molar-refractivity contribution in [1.82, 2.24) is 9.80 Å². The third-order valence-electron chi connectivity index (χ3n) is 4.64. The van der Waals surface area contributed by atoms with Crippen molar-refractivity contribution in [2.45, 2.75) is 87.1 Å². The van der Waals surface area contributed by atoms with Crippen molar-refractivity contribution >= 4 is 0 Å². The quantitative estimate of drug-likeness (QED) is 0.650. The molecule has 2 rings (SSSR count). The summed E-state index contributed by atoms with van der Waals surface area (Å²) in [4.78, 5) is 5.13. The molecule has 0 aromatic carbocycles. The van der Waals surface area contributed by atoms with Crippen molar-refractivity contribution in [1.29, 1.82) is 0 Å². The zero-order chi connectivity index (χ0) is 16.9. The Hall–Kier alpha value is -0.0800. The molecule has 0 atom stereocenters. The lowest BCUT2D eigenvalue weighted by Crippen LogP contribution is -2.47. The van der Waals surface area contributed by atoms with Crippen molar-refractivity contribution < 1.29 is 0 Å². The molecule has 0 aliphatic carbocycles. The van der Waals surface area contributed by atoms with E-state index in [4.69, 9.17) is 0 Å². The molecule has 0 amide bonds. The van der Waals surface area contributed by atoms with Crippen LogP contribution in [0.25, 0.3) is 0 Å². The van der Waals surface area contributed by atoms with E-state index in [1.807, 2.05) is 41.5 Å². The Kier molecular flexibility index (Phi) is 15.0. The number of hydrogen-bond donors (Lipinski definition) is 0. The summed E-state index contributed by atoms with van der Waals surface area (Å²) in [6.07, 6.45) is 5.77. The molecule has 0 unspecified atom stereocenters. The van der Waals surface area contributed by atoms with Gasteiger partial charge >= 0.3 is 0 Å². The van der Waals surface area contributed by atoms with Gasteiger partial charge in [-0.2, -0.15) is 0 Å². The van der Waals surface area contributed by atoms with Gasteiger partial charge in [-0.3, -0.25) is 0 Å². The molecule has 0 N–H and O–H groups in total. The van der Waals surface area contributed by atoms with E-state index in [0.717, 1.165) is 11.5 Å². The Morgan fingerprint density at radius 1 is 0.667 bits per heavy atom. The van der Waals surface area contributed by atoms with Crippen LogP contribution < -0.4 is 0 Å². The van der Waals surface area contributed by atoms with Crippen LogP contribution in [0.4, 0.5) is 0 Å². The topological polar surface area (TPSA) is 6.48 Å². The van der Waals surface area contributed by atoms with E-state index < -0.39 is 0 Å². The molecule has 2 nitrogen and oxygen atoms in total. The SMILES string of the molecule is CC.CC.CC.CC(C)N1CCC2(CCN(C)CC2)CC1. The molecule has 0 radical (unpaired) electrons. The second kappa shape index (κ2) is 13.6. The number of nitrogens with zero attached hydrogens (tertiary/aromatic N) is 2. The van der Waals surface area contributed by atoms with Gasteiger partial charge in [-0.15, -0.1) is 0 Å². The molecule has 0 bridgehead atoms. The minimum absolute atomic E-state index is 0.720. The third kappa shape index (κ3) is 8.21. The predicted octanol–water partition coefficient (Wildman–Crippen LogP) is 5.28. The number of rotatable bonds is 1. The first kappa shape index (κ1) is 23.2. The summed E-state index contributed by atoms with van der Waals surface area (Å²) in [5.74, 6) is 0. The molecule has 0 aromatic heterocycles. The van der Waals surface area contributed by atoms with Gasteiger partial charge in [0.2, 0.25) is 0 Å². The first-order valence-corrected chi connectivity index (χ1v) is 9.54. The van der Waals surface area contributed by atoms with Crippen molar-refractivity contribution in [2.75, 3.05) is 33.2 Å². The highest BCUT2D eigenvalue weighted by atomic mass is 15.2. The summed E-state index contributed by atoms with van der Waals surface area (Å²) in [5.41, 5.74) is 0.720. The van der Waals surface area contributed by atoms with Crippen LogP contribution in [-0.2, 0) is 0 Å². The Morgan fingerprint density at radius 2 is 1.00 bits per heavy atom. The van der Waals surface area contributed by atoms with Crippen LogP contribution >= 0.6 is 0 Å². The molecule has 2 aliphatic heterocycles. The smallest absolute Gasteiger partial charge is 0.00385 e. The molecular formula is C19H44N2. The van der Waals surface area contributed by atoms with Gasteiger partial charge in [0, 0.05) is 6.04 Å². The standard InChI is InChI=1S/C13H26N2.3C2H6/c1-12(2)15-10-6-13(7-11-15)4-8-14(3)9-5-13;3*1-2/h12H,4-11H2,1-3H3;3*1-2H3. The molecular weight excluding hydrogens is 256 g/mol. The van der Waals surface area contributed by atoms with E-state index >= 15 is 0 Å². The van der Waals surface area contributed by atoms with E-state index in [1.165, 1.54) is 51.9 Å². The third-order valence-corrected chi connectivity index (χ3v) is 4.64. The largest absolute Gasteiger partial charge is 0.306 e. The maximum absolute atomic E-state index is 2.64. The Balaban J connectivity index is 0. The van der Waals surface area contributed by atoms with Gasteiger partial charge in [-0.25, -0.2) is 0 Å². The molecule has 2 heterocycles. The monoisotopic (exact) mass is 300 g/mol. The summed E-state index contributed by atoms with van der Waals surface area (Å²) < 4.78 is 0. The van der Waals surface area contributed by atoms with E-state index in [-0.39, 0.29) is 0 Å². The predicted molar refractivity (Wildman–Crippen MR) is 99.2 cm³/mol. The molecule has 2 fully saturated rings. The van der Waals surface area contributed by atoms with Crippen LogP contribution in [0.2, 0.25) is 0 Å². The molecule has 21 heavy (non-hydrogen) atoms. The number of piperidine rings is 2.